The Balaban J connectivity index is 3.39. The SMILES string of the molecule is CC(C)CCCCC(=O)COOCC(=O)CCCCC(C)C. The summed E-state index contributed by atoms with van der Waals surface area (Å²) >= 11 is 0. The first kappa shape index (κ1) is 21.3. The summed E-state index contributed by atoms with van der Waals surface area (Å²) in [6, 6.07) is 0. The molecule has 0 fully saturated rings. The third-order valence-corrected chi connectivity index (χ3v) is 3.50. The van der Waals surface area contributed by atoms with Gasteiger partial charge in [-0.25, -0.2) is 9.78 Å². The second-order valence-corrected chi connectivity index (χ2v) is 6.88. The van der Waals surface area contributed by atoms with Crippen molar-refractivity contribution >= 4 is 11.6 Å². The summed E-state index contributed by atoms with van der Waals surface area (Å²) < 4.78 is 0. The molecule has 0 spiro atoms. The Morgan fingerprint density at radius 1 is 0.682 bits per heavy atom. The monoisotopic (exact) mass is 314 g/mol. The standard InChI is InChI=1S/C18H34O4/c1-15(2)9-5-7-11-17(19)13-21-22-14-18(20)12-8-6-10-16(3)4/h15-16H,5-14H2,1-4H3. The number of carbonyl (C=O) groups is 2. The predicted octanol–water partition coefficient (Wildman–Crippen LogP) is 4.51. The fourth-order valence-electron chi connectivity index (χ4n) is 2.11. The summed E-state index contributed by atoms with van der Waals surface area (Å²) in [5.41, 5.74) is 0. The number of unbranched alkanes of at least 4 members (excludes halogenated alkanes) is 2. The lowest BCUT2D eigenvalue weighted by Gasteiger charge is -2.05. The van der Waals surface area contributed by atoms with Crippen LogP contribution in [0.2, 0.25) is 0 Å². The molecule has 0 aromatic carbocycles. The van der Waals surface area contributed by atoms with Gasteiger partial charge in [0.25, 0.3) is 0 Å². The van der Waals surface area contributed by atoms with Crippen LogP contribution in [-0.2, 0) is 19.4 Å². The smallest absolute Gasteiger partial charge is 0.161 e. The average molecular weight is 314 g/mol. The predicted molar refractivity (Wildman–Crippen MR) is 88.5 cm³/mol. The molecule has 0 amide bonds. The number of rotatable bonds is 15. The highest BCUT2D eigenvalue weighted by Gasteiger charge is 2.06. The molecule has 0 aromatic rings. The van der Waals surface area contributed by atoms with Gasteiger partial charge in [0, 0.05) is 12.8 Å². The maximum Gasteiger partial charge on any atom is 0.161 e. The summed E-state index contributed by atoms with van der Waals surface area (Å²) in [5, 5.41) is 0. The minimum atomic E-state index is -0.0533. The van der Waals surface area contributed by atoms with Gasteiger partial charge in [0.2, 0.25) is 0 Å². The van der Waals surface area contributed by atoms with Gasteiger partial charge in [-0.3, -0.25) is 9.59 Å². The van der Waals surface area contributed by atoms with E-state index in [2.05, 4.69) is 27.7 Å². The summed E-state index contributed by atoms with van der Waals surface area (Å²) in [7, 11) is 0. The number of hydrogen-bond donors (Lipinski definition) is 0. The second-order valence-electron chi connectivity index (χ2n) is 6.88. The first-order chi connectivity index (χ1) is 10.4. The van der Waals surface area contributed by atoms with Gasteiger partial charge in [-0.1, -0.05) is 53.4 Å². The van der Waals surface area contributed by atoms with Crippen LogP contribution in [0.25, 0.3) is 0 Å². The zero-order chi connectivity index (χ0) is 16.8. The van der Waals surface area contributed by atoms with Crippen molar-refractivity contribution in [3.63, 3.8) is 0 Å². The Bertz CT molecular complexity index is 267. The zero-order valence-corrected chi connectivity index (χ0v) is 14.9. The van der Waals surface area contributed by atoms with E-state index in [1.54, 1.807) is 0 Å². The molecule has 4 nitrogen and oxygen atoms in total. The Morgan fingerprint density at radius 3 is 1.36 bits per heavy atom. The largest absolute Gasteiger partial charge is 0.297 e. The topological polar surface area (TPSA) is 52.6 Å². The molecule has 0 bridgehead atoms. The van der Waals surface area contributed by atoms with Gasteiger partial charge in [0.1, 0.15) is 13.2 Å². The Kier molecular flexibility index (Phi) is 13.4. The maximum absolute atomic E-state index is 11.5. The average Bonchev–Trinajstić information content (AvgIpc) is 2.44. The third-order valence-electron chi connectivity index (χ3n) is 3.50. The van der Waals surface area contributed by atoms with Gasteiger partial charge in [0.15, 0.2) is 11.6 Å². The van der Waals surface area contributed by atoms with Crippen LogP contribution in [0.15, 0.2) is 0 Å². The number of Topliss-reactive ketones (excluding diaryl/α,β-unsaturated/α-hetero) is 2. The van der Waals surface area contributed by atoms with Gasteiger partial charge in [-0.2, -0.15) is 0 Å². The lowest BCUT2D eigenvalue weighted by atomic mass is 10.0. The number of ketones is 2. The van der Waals surface area contributed by atoms with E-state index >= 15 is 0 Å². The molecule has 0 aromatic heterocycles. The van der Waals surface area contributed by atoms with Crippen molar-refractivity contribution in [3.05, 3.63) is 0 Å². The van der Waals surface area contributed by atoms with Crippen molar-refractivity contribution in [2.45, 2.75) is 79.1 Å². The molecule has 22 heavy (non-hydrogen) atoms. The van der Waals surface area contributed by atoms with Crippen LogP contribution in [0, 0.1) is 11.8 Å². The molecule has 0 atom stereocenters. The van der Waals surface area contributed by atoms with Crippen LogP contribution >= 0.6 is 0 Å². The van der Waals surface area contributed by atoms with Gasteiger partial charge < -0.3 is 0 Å². The highest BCUT2D eigenvalue weighted by Crippen LogP contribution is 2.09. The van der Waals surface area contributed by atoms with Crippen LogP contribution < -0.4 is 0 Å². The minimum absolute atomic E-state index is 0.0353. The van der Waals surface area contributed by atoms with E-state index in [0.717, 1.165) is 38.5 Å². The van der Waals surface area contributed by atoms with Gasteiger partial charge in [0.05, 0.1) is 0 Å². The van der Waals surface area contributed by atoms with E-state index in [0.29, 0.717) is 24.7 Å². The quantitative estimate of drug-likeness (QED) is 0.253. The van der Waals surface area contributed by atoms with Gasteiger partial charge in [-0.05, 0) is 24.7 Å². The van der Waals surface area contributed by atoms with Crippen LogP contribution in [0.3, 0.4) is 0 Å². The highest BCUT2D eigenvalue weighted by molar-refractivity contribution is 5.80. The molecule has 0 unspecified atom stereocenters. The summed E-state index contributed by atoms with van der Waals surface area (Å²) in [6.07, 6.45) is 7.28. The molecule has 4 heteroatoms. The first-order valence-electron chi connectivity index (χ1n) is 8.69. The Labute approximate surface area is 135 Å². The van der Waals surface area contributed by atoms with E-state index in [1.807, 2.05) is 0 Å². The number of hydrogen-bond acceptors (Lipinski definition) is 4. The van der Waals surface area contributed by atoms with Crippen molar-refractivity contribution in [1.29, 1.82) is 0 Å². The molecule has 130 valence electrons. The number of carbonyl (C=O) groups excluding carboxylic acids is 2. The molecular formula is C18H34O4. The van der Waals surface area contributed by atoms with Crippen molar-refractivity contribution in [2.24, 2.45) is 11.8 Å². The fraction of sp³-hybridized carbons (Fsp3) is 0.889. The Morgan fingerprint density at radius 2 is 1.05 bits per heavy atom. The molecule has 0 rings (SSSR count). The second kappa shape index (κ2) is 13.9. The molecule has 0 aliphatic carbocycles. The summed E-state index contributed by atoms with van der Waals surface area (Å²) in [6.45, 7) is 8.61. The van der Waals surface area contributed by atoms with Crippen LogP contribution in [0.4, 0.5) is 0 Å². The van der Waals surface area contributed by atoms with Crippen LogP contribution in [0.5, 0.6) is 0 Å². The Hall–Kier alpha value is -0.740. The van der Waals surface area contributed by atoms with Crippen LogP contribution in [0.1, 0.15) is 79.1 Å². The van der Waals surface area contributed by atoms with E-state index in [-0.39, 0.29) is 24.8 Å². The van der Waals surface area contributed by atoms with E-state index in [4.69, 9.17) is 9.78 Å². The van der Waals surface area contributed by atoms with Crippen molar-refractivity contribution in [1.82, 2.24) is 0 Å². The van der Waals surface area contributed by atoms with Crippen LogP contribution in [-0.4, -0.2) is 24.8 Å². The molecule has 0 N–H and O–H groups in total. The fourth-order valence-corrected chi connectivity index (χ4v) is 2.11. The highest BCUT2D eigenvalue weighted by atomic mass is 17.2. The van der Waals surface area contributed by atoms with Crippen molar-refractivity contribution < 1.29 is 19.4 Å². The lowest BCUT2D eigenvalue weighted by molar-refractivity contribution is -0.283. The first-order valence-corrected chi connectivity index (χ1v) is 8.69. The summed E-state index contributed by atoms with van der Waals surface area (Å²) in [5.74, 6) is 1.43. The molecule has 0 aliphatic heterocycles. The van der Waals surface area contributed by atoms with Crippen molar-refractivity contribution in [2.75, 3.05) is 13.2 Å². The molecule has 0 saturated heterocycles. The minimum Gasteiger partial charge on any atom is -0.297 e. The van der Waals surface area contributed by atoms with Gasteiger partial charge in [-0.15, -0.1) is 0 Å². The lowest BCUT2D eigenvalue weighted by Crippen LogP contribution is -2.13. The summed E-state index contributed by atoms with van der Waals surface area (Å²) in [4.78, 5) is 32.7. The molecule has 0 radical (unpaired) electrons. The maximum atomic E-state index is 11.5. The zero-order valence-electron chi connectivity index (χ0n) is 14.9. The van der Waals surface area contributed by atoms with E-state index in [1.165, 1.54) is 0 Å². The molecule has 0 saturated carbocycles. The van der Waals surface area contributed by atoms with E-state index in [9.17, 15) is 9.59 Å². The third kappa shape index (κ3) is 15.6. The normalized spacial score (nSPS) is 11.4. The van der Waals surface area contributed by atoms with E-state index < -0.39 is 0 Å². The molecular weight excluding hydrogens is 280 g/mol. The molecule has 0 heterocycles. The van der Waals surface area contributed by atoms with Crippen molar-refractivity contribution in [3.8, 4) is 0 Å². The molecule has 0 aliphatic rings. The van der Waals surface area contributed by atoms with Gasteiger partial charge >= 0.3 is 0 Å².